The molecule has 1 N–H and O–H groups in total. The molecule has 0 saturated heterocycles. The Labute approximate surface area is 112 Å². The monoisotopic (exact) mass is 252 g/mol. The predicted octanol–water partition coefficient (Wildman–Crippen LogP) is 3.12. The van der Waals surface area contributed by atoms with Crippen molar-refractivity contribution >= 4 is 17.3 Å². The van der Waals surface area contributed by atoms with E-state index in [1.807, 2.05) is 49.5 Å². The molecule has 1 unspecified atom stereocenters. The number of carbonyl (C=O) groups is 1. The number of hydrogen-bond acceptors (Lipinski definition) is 2. The molecule has 0 radical (unpaired) electrons. The van der Waals surface area contributed by atoms with Gasteiger partial charge in [-0.2, -0.15) is 0 Å². The van der Waals surface area contributed by atoms with E-state index >= 15 is 0 Å². The van der Waals surface area contributed by atoms with Crippen molar-refractivity contribution in [2.24, 2.45) is 0 Å². The van der Waals surface area contributed by atoms with Gasteiger partial charge in [-0.25, -0.2) is 0 Å². The molecule has 0 aromatic heterocycles. The largest absolute Gasteiger partial charge is 0.368 e. The topological polar surface area (TPSA) is 32.3 Å². The molecule has 2 aromatic carbocycles. The first-order chi connectivity index (χ1) is 9.16. The molecule has 1 heterocycles. The van der Waals surface area contributed by atoms with Crippen LogP contribution in [0, 0.1) is 6.92 Å². The summed E-state index contributed by atoms with van der Waals surface area (Å²) in [5, 5.41) is 3.34. The summed E-state index contributed by atoms with van der Waals surface area (Å²) in [6.07, 6.45) is 0. The molecule has 2 aromatic rings. The number of aryl methyl sites for hydroxylation is 1. The molecule has 19 heavy (non-hydrogen) atoms. The lowest BCUT2D eigenvalue weighted by molar-refractivity contribution is -0.119. The molecule has 96 valence electrons. The fraction of sp³-hybridized carbons (Fsp3) is 0.188. The number of anilines is 2. The van der Waals surface area contributed by atoms with E-state index < -0.39 is 0 Å². The van der Waals surface area contributed by atoms with E-state index in [-0.39, 0.29) is 11.9 Å². The van der Waals surface area contributed by atoms with Crippen molar-refractivity contribution in [1.82, 2.24) is 0 Å². The minimum absolute atomic E-state index is 0.0718. The van der Waals surface area contributed by atoms with Crippen LogP contribution in [0.3, 0.4) is 0 Å². The number of fused-ring (bicyclic) bond motifs is 1. The highest BCUT2D eigenvalue weighted by Gasteiger charge is 2.30. The quantitative estimate of drug-likeness (QED) is 0.845. The van der Waals surface area contributed by atoms with Gasteiger partial charge in [0.2, 0.25) is 0 Å². The molecule has 0 saturated carbocycles. The highest BCUT2D eigenvalue weighted by molar-refractivity contribution is 6.05. The Balaban J connectivity index is 2.05. The molecule has 0 spiro atoms. The number of nitrogens with zero attached hydrogens (tertiary/aromatic N) is 1. The summed E-state index contributed by atoms with van der Waals surface area (Å²) in [5.74, 6) is 0.0718. The zero-order valence-electron chi connectivity index (χ0n) is 11.1. The zero-order chi connectivity index (χ0) is 13.4. The van der Waals surface area contributed by atoms with Crippen LogP contribution < -0.4 is 10.2 Å². The van der Waals surface area contributed by atoms with Gasteiger partial charge in [0.05, 0.1) is 11.4 Å². The second-order valence-electron chi connectivity index (χ2n) is 4.91. The molecule has 0 aliphatic carbocycles. The lowest BCUT2D eigenvalue weighted by Crippen LogP contribution is -2.39. The minimum atomic E-state index is -0.305. The second-order valence-corrected chi connectivity index (χ2v) is 4.91. The molecule has 1 aliphatic rings. The molecule has 3 nitrogen and oxygen atoms in total. The summed E-state index contributed by atoms with van der Waals surface area (Å²) in [4.78, 5) is 14.2. The minimum Gasteiger partial charge on any atom is -0.368 e. The van der Waals surface area contributed by atoms with Gasteiger partial charge in [0, 0.05) is 7.05 Å². The Kier molecular flexibility index (Phi) is 2.75. The third kappa shape index (κ3) is 1.97. The van der Waals surface area contributed by atoms with Crippen LogP contribution in [0.15, 0.2) is 48.5 Å². The third-order valence-electron chi connectivity index (χ3n) is 3.52. The van der Waals surface area contributed by atoms with Gasteiger partial charge in [0.15, 0.2) is 0 Å². The molecule has 0 bridgehead atoms. The van der Waals surface area contributed by atoms with Crippen LogP contribution >= 0.6 is 0 Å². The van der Waals surface area contributed by atoms with E-state index in [4.69, 9.17) is 0 Å². The molecule has 3 rings (SSSR count). The summed E-state index contributed by atoms with van der Waals surface area (Å²) >= 11 is 0. The van der Waals surface area contributed by atoms with Gasteiger partial charge < -0.3 is 10.2 Å². The van der Waals surface area contributed by atoms with Crippen LogP contribution in [0.25, 0.3) is 0 Å². The average molecular weight is 252 g/mol. The summed E-state index contributed by atoms with van der Waals surface area (Å²) in [5.41, 5.74) is 4.12. The molecular formula is C16H16N2O. The average Bonchev–Trinajstić information content (AvgIpc) is 2.43. The van der Waals surface area contributed by atoms with Gasteiger partial charge in [-0.3, -0.25) is 4.79 Å². The van der Waals surface area contributed by atoms with Crippen molar-refractivity contribution < 1.29 is 4.79 Å². The van der Waals surface area contributed by atoms with Gasteiger partial charge in [-0.1, -0.05) is 36.4 Å². The van der Waals surface area contributed by atoms with Crippen LogP contribution in [0.5, 0.6) is 0 Å². The Morgan fingerprint density at radius 2 is 1.84 bits per heavy atom. The predicted molar refractivity (Wildman–Crippen MR) is 77.4 cm³/mol. The van der Waals surface area contributed by atoms with Gasteiger partial charge in [0.25, 0.3) is 5.91 Å². The Morgan fingerprint density at radius 3 is 2.58 bits per heavy atom. The number of carbonyl (C=O) groups excluding carboxylic acids is 1. The van der Waals surface area contributed by atoms with Crippen molar-refractivity contribution in [3.8, 4) is 0 Å². The first-order valence-electron chi connectivity index (χ1n) is 6.36. The Morgan fingerprint density at radius 1 is 1.11 bits per heavy atom. The summed E-state index contributed by atoms with van der Waals surface area (Å²) in [6.45, 7) is 2.05. The number of benzene rings is 2. The normalized spacial score (nSPS) is 17.9. The van der Waals surface area contributed by atoms with E-state index in [0.717, 1.165) is 16.9 Å². The Hall–Kier alpha value is -2.29. The molecule has 0 fully saturated rings. The van der Waals surface area contributed by atoms with Crippen LogP contribution in [-0.2, 0) is 4.79 Å². The summed E-state index contributed by atoms with van der Waals surface area (Å²) in [7, 11) is 1.83. The van der Waals surface area contributed by atoms with Crippen molar-refractivity contribution in [1.29, 1.82) is 0 Å². The highest BCUT2D eigenvalue weighted by Crippen LogP contribution is 2.36. The summed E-state index contributed by atoms with van der Waals surface area (Å²) in [6, 6.07) is 15.6. The third-order valence-corrected chi connectivity index (χ3v) is 3.52. The molecular weight excluding hydrogens is 236 g/mol. The van der Waals surface area contributed by atoms with Crippen LogP contribution in [0.2, 0.25) is 0 Å². The van der Waals surface area contributed by atoms with Gasteiger partial charge >= 0.3 is 0 Å². The van der Waals surface area contributed by atoms with E-state index in [1.54, 1.807) is 4.90 Å². The van der Waals surface area contributed by atoms with Gasteiger partial charge in [-0.05, 0) is 30.2 Å². The number of rotatable bonds is 1. The molecule has 1 amide bonds. The van der Waals surface area contributed by atoms with Crippen molar-refractivity contribution in [2.45, 2.75) is 13.0 Å². The maximum Gasteiger partial charge on any atom is 0.253 e. The van der Waals surface area contributed by atoms with Crippen LogP contribution in [-0.4, -0.2) is 13.0 Å². The summed E-state index contributed by atoms with van der Waals surface area (Å²) < 4.78 is 0. The van der Waals surface area contributed by atoms with Crippen molar-refractivity contribution in [3.05, 3.63) is 59.7 Å². The number of likely N-dealkylation sites (N-methyl/N-ethyl adjacent to an activating group) is 1. The lowest BCUT2D eigenvalue weighted by Gasteiger charge is -2.33. The number of nitrogens with one attached hydrogen (secondary N) is 1. The van der Waals surface area contributed by atoms with Crippen LogP contribution in [0.1, 0.15) is 17.2 Å². The number of hydrogen-bond donors (Lipinski definition) is 1. The maximum atomic E-state index is 12.4. The standard InChI is InChI=1S/C16H16N2O/c1-11-8-9-14-13(10-11)17-15(16(19)18(14)2)12-6-4-3-5-7-12/h3-10,15,17H,1-2H3. The fourth-order valence-corrected chi connectivity index (χ4v) is 2.46. The van der Waals surface area contributed by atoms with E-state index in [2.05, 4.69) is 18.3 Å². The SMILES string of the molecule is Cc1ccc2c(c1)NC(c1ccccc1)C(=O)N2C. The lowest BCUT2D eigenvalue weighted by atomic mass is 10.0. The molecule has 3 heteroatoms. The zero-order valence-corrected chi connectivity index (χ0v) is 11.1. The first-order valence-corrected chi connectivity index (χ1v) is 6.36. The molecule has 1 aliphatic heterocycles. The maximum absolute atomic E-state index is 12.4. The van der Waals surface area contributed by atoms with Crippen LogP contribution in [0.4, 0.5) is 11.4 Å². The van der Waals surface area contributed by atoms with Crippen molar-refractivity contribution in [2.75, 3.05) is 17.3 Å². The van der Waals surface area contributed by atoms with Gasteiger partial charge in [0.1, 0.15) is 6.04 Å². The number of amides is 1. The van der Waals surface area contributed by atoms with E-state index in [0.29, 0.717) is 0 Å². The highest BCUT2D eigenvalue weighted by atomic mass is 16.2. The van der Waals surface area contributed by atoms with E-state index in [9.17, 15) is 4.79 Å². The van der Waals surface area contributed by atoms with Gasteiger partial charge in [-0.15, -0.1) is 0 Å². The second kappa shape index (κ2) is 4.43. The van der Waals surface area contributed by atoms with E-state index in [1.165, 1.54) is 5.56 Å². The fourth-order valence-electron chi connectivity index (χ4n) is 2.46. The first kappa shape index (κ1) is 11.8. The molecule has 1 atom stereocenters. The van der Waals surface area contributed by atoms with Crippen molar-refractivity contribution in [3.63, 3.8) is 0 Å². The Bertz CT molecular complexity index is 622. The smallest absolute Gasteiger partial charge is 0.253 e.